The molecule has 0 unspecified atom stereocenters. The lowest BCUT2D eigenvalue weighted by molar-refractivity contribution is 0.746. The molecule has 0 aliphatic carbocycles. The molecular formula is C12H19N5. The minimum Gasteiger partial charge on any atom is -0.351 e. The molecule has 1 N–H and O–H groups in total. The Bertz CT molecular complexity index is 483. The van der Waals surface area contributed by atoms with Crippen LogP contribution < -0.4 is 5.32 Å². The lowest BCUT2D eigenvalue weighted by Gasteiger charge is -2.07. The molecule has 2 rings (SSSR count). The zero-order valence-electron chi connectivity index (χ0n) is 10.6. The highest BCUT2D eigenvalue weighted by Crippen LogP contribution is 2.10. The maximum absolute atomic E-state index is 4.42. The molecule has 5 heteroatoms. The highest BCUT2D eigenvalue weighted by atomic mass is 15.3. The molecule has 0 aliphatic heterocycles. The average molecular weight is 233 g/mol. The van der Waals surface area contributed by atoms with Crippen molar-refractivity contribution in [3.05, 3.63) is 29.8 Å². The van der Waals surface area contributed by atoms with Gasteiger partial charge in [0.2, 0.25) is 5.95 Å². The molecule has 2 aromatic heterocycles. The second-order valence-electron chi connectivity index (χ2n) is 4.02. The molecule has 5 nitrogen and oxygen atoms in total. The first-order chi connectivity index (χ1) is 8.24. The van der Waals surface area contributed by atoms with Crippen LogP contribution in [0.2, 0.25) is 0 Å². The van der Waals surface area contributed by atoms with Crippen LogP contribution in [0.3, 0.4) is 0 Å². The standard InChI is InChI=1S/C12H19N5/c1-4-11-10(9-16(3)15-11)8-14-12-13-6-7-17(12)5-2/h6-7,9H,4-5,8H2,1-3H3,(H,13,14). The van der Waals surface area contributed by atoms with E-state index in [2.05, 4.69) is 40.0 Å². The molecule has 0 fully saturated rings. The van der Waals surface area contributed by atoms with E-state index in [1.807, 2.05) is 24.1 Å². The van der Waals surface area contributed by atoms with Crippen LogP contribution in [0.4, 0.5) is 5.95 Å². The van der Waals surface area contributed by atoms with Crippen molar-refractivity contribution in [1.29, 1.82) is 0 Å². The summed E-state index contributed by atoms with van der Waals surface area (Å²) in [5.74, 6) is 0.915. The summed E-state index contributed by atoms with van der Waals surface area (Å²) in [6, 6.07) is 0. The first-order valence-electron chi connectivity index (χ1n) is 6.01. The van der Waals surface area contributed by atoms with Crippen LogP contribution in [0.5, 0.6) is 0 Å². The molecule has 17 heavy (non-hydrogen) atoms. The molecule has 0 saturated carbocycles. The third-order valence-electron chi connectivity index (χ3n) is 2.82. The number of rotatable bonds is 5. The Labute approximate surface area is 101 Å². The van der Waals surface area contributed by atoms with Crippen LogP contribution >= 0.6 is 0 Å². The Morgan fingerprint density at radius 1 is 1.35 bits per heavy atom. The molecule has 0 amide bonds. The van der Waals surface area contributed by atoms with Gasteiger partial charge in [-0.1, -0.05) is 6.92 Å². The van der Waals surface area contributed by atoms with Gasteiger partial charge in [0.15, 0.2) is 0 Å². The molecule has 2 aromatic rings. The second-order valence-corrected chi connectivity index (χ2v) is 4.02. The van der Waals surface area contributed by atoms with Crippen LogP contribution in [-0.2, 0) is 26.6 Å². The third kappa shape index (κ3) is 2.49. The summed E-state index contributed by atoms with van der Waals surface area (Å²) in [5.41, 5.74) is 2.38. The fraction of sp³-hybridized carbons (Fsp3) is 0.500. The molecule has 0 atom stereocenters. The van der Waals surface area contributed by atoms with Gasteiger partial charge in [0, 0.05) is 44.3 Å². The molecule has 0 saturated heterocycles. The first kappa shape index (κ1) is 11.7. The Morgan fingerprint density at radius 3 is 2.88 bits per heavy atom. The van der Waals surface area contributed by atoms with E-state index in [0.717, 1.165) is 31.2 Å². The zero-order chi connectivity index (χ0) is 12.3. The number of aromatic nitrogens is 4. The molecular weight excluding hydrogens is 214 g/mol. The normalized spacial score (nSPS) is 10.8. The van der Waals surface area contributed by atoms with Gasteiger partial charge in [-0.05, 0) is 13.3 Å². The summed E-state index contributed by atoms with van der Waals surface area (Å²) in [7, 11) is 1.95. The molecule has 92 valence electrons. The number of aryl methyl sites for hydroxylation is 3. The van der Waals surface area contributed by atoms with Crippen molar-refractivity contribution in [2.24, 2.45) is 7.05 Å². The highest BCUT2D eigenvalue weighted by Gasteiger charge is 2.07. The monoisotopic (exact) mass is 233 g/mol. The number of hydrogen-bond donors (Lipinski definition) is 1. The molecule has 0 aromatic carbocycles. The molecule has 0 spiro atoms. The summed E-state index contributed by atoms with van der Waals surface area (Å²) < 4.78 is 3.95. The lowest BCUT2D eigenvalue weighted by atomic mass is 10.2. The van der Waals surface area contributed by atoms with Crippen molar-refractivity contribution < 1.29 is 0 Å². The van der Waals surface area contributed by atoms with Crippen LogP contribution in [-0.4, -0.2) is 19.3 Å². The van der Waals surface area contributed by atoms with E-state index in [4.69, 9.17) is 0 Å². The van der Waals surface area contributed by atoms with E-state index in [1.54, 1.807) is 0 Å². The SMILES string of the molecule is CCc1nn(C)cc1CNc1nccn1CC. The van der Waals surface area contributed by atoms with Gasteiger partial charge in [-0.25, -0.2) is 4.98 Å². The van der Waals surface area contributed by atoms with Gasteiger partial charge < -0.3 is 9.88 Å². The fourth-order valence-corrected chi connectivity index (χ4v) is 1.93. The summed E-state index contributed by atoms with van der Waals surface area (Å²) in [5, 5.41) is 7.77. The molecule has 0 radical (unpaired) electrons. The minimum atomic E-state index is 0.772. The van der Waals surface area contributed by atoms with Crippen LogP contribution in [0.1, 0.15) is 25.1 Å². The predicted octanol–water partition coefficient (Wildman–Crippen LogP) is 1.81. The van der Waals surface area contributed by atoms with Gasteiger partial charge in [-0.15, -0.1) is 0 Å². The number of imidazole rings is 1. The van der Waals surface area contributed by atoms with E-state index in [-0.39, 0.29) is 0 Å². The van der Waals surface area contributed by atoms with Crippen molar-refractivity contribution >= 4 is 5.95 Å². The maximum Gasteiger partial charge on any atom is 0.203 e. The van der Waals surface area contributed by atoms with Crippen molar-refractivity contribution in [3.63, 3.8) is 0 Å². The molecule has 0 aliphatic rings. The Kier molecular flexibility index (Phi) is 3.46. The first-order valence-corrected chi connectivity index (χ1v) is 6.01. The van der Waals surface area contributed by atoms with Gasteiger partial charge in [0.25, 0.3) is 0 Å². The van der Waals surface area contributed by atoms with Crippen LogP contribution in [0, 0.1) is 0 Å². The van der Waals surface area contributed by atoms with Gasteiger partial charge in [0.1, 0.15) is 0 Å². The zero-order valence-corrected chi connectivity index (χ0v) is 10.6. The van der Waals surface area contributed by atoms with E-state index in [9.17, 15) is 0 Å². The van der Waals surface area contributed by atoms with Crippen LogP contribution in [0.15, 0.2) is 18.6 Å². The van der Waals surface area contributed by atoms with Gasteiger partial charge in [0.05, 0.1) is 5.69 Å². The molecule has 0 bridgehead atoms. The van der Waals surface area contributed by atoms with E-state index < -0.39 is 0 Å². The van der Waals surface area contributed by atoms with Gasteiger partial charge in [-0.2, -0.15) is 5.10 Å². The Balaban J connectivity index is 2.06. The third-order valence-corrected chi connectivity index (χ3v) is 2.82. The second kappa shape index (κ2) is 5.03. The van der Waals surface area contributed by atoms with E-state index in [0.29, 0.717) is 0 Å². The Hall–Kier alpha value is -1.78. The largest absolute Gasteiger partial charge is 0.351 e. The predicted molar refractivity (Wildman–Crippen MR) is 67.8 cm³/mol. The van der Waals surface area contributed by atoms with E-state index >= 15 is 0 Å². The average Bonchev–Trinajstić information content (AvgIpc) is 2.91. The van der Waals surface area contributed by atoms with Crippen molar-refractivity contribution in [3.8, 4) is 0 Å². The van der Waals surface area contributed by atoms with Crippen LogP contribution in [0.25, 0.3) is 0 Å². The van der Waals surface area contributed by atoms with Crippen molar-refractivity contribution in [2.75, 3.05) is 5.32 Å². The van der Waals surface area contributed by atoms with Crippen molar-refractivity contribution in [1.82, 2.24) is 19.3 Å². The number of nitrogens with one attached hydrogen (secondary N) is 1. The Morgan fingerprint density at radius 2 is 2.18 bits per heavy atom. The summed E-state index contributed by atoms with van der Waals surface area (Å²) in [4.78, 5) is 4.29. The van der Waals surface area contributed by atoms with E-state index in [1.165, 1.54) is 5.56 Å². The highest BCUT2D eigenvalue weighted by molar-refractivity contribution is 5.29. The summed E-state index contributed by atoms with van der Waals surface area (Å²) >= 11 is 0. The summed E-state index contributed by atoms with van der Waals surface area (Å²) in [6.07, 6.45) is 6.81. The van der Waals surface area contributed by atoms with Gasteiger partial charge >= 0.3 is 0 Å². The summed E-state index contributed by atoms with van der Waals surface area (Å²) in [6.45, 7) is 5.93. The van der Waals surface area contributed by atoms with Gasteiger partial charge in [-0.3, -0.25) is 4.68 Å². The lowest BCUT2D eigenvalue weighted by Crippen LogP contribution is -2.07. The number of anilines is 1. The maximum atomic E-state index is 4.42. The number of nitrogens with zero attached hydrogens (tertiary/aromatic N) is 4. The quantitative estimate of drug-likeness (QED) is 0.856. The fourth-order valence-electron chi connectivity index (χ4n) is 1.93. The van der Waals surface area contributed by atoms with Crippen molar-refractivity contribution in [2.45, 2.75) is 33.4 Å². The molecule has 2 heterocycles. The smallest absolute Gasteiger partial charge is 0.203 e. The number of hydrogen-bond acceptors (Lipinski definition) is 3. The topological polar surface area (TPSA) is 47.7 Å². The minimum absolute atomic E-state index is 0.772.